The highest BCUT2D eigenvalue weighted by Crippen LogP contribution is 2.60. The minimum atomic E-state index is 0.335. The van der Waals surface area contributed by atoms with Gasteiger partial charge in [-0.1, -0.05) is 31.0 Å². The Morgan fingerprint density at radius 1 is 1.26 bits per heavy atom. The first-order valence-electron chi connectivity index (χ1n) is 10.2. The van der Waals surface area contributed by atoms with Gasteiger partial charge in [0.15, 0.2) is 5.96 Å². The Labute approximate surface area is 160 Å². The van der Waals surface area contributed by atoms with Crippen molar-refractivity contribution in [2.45, 2.75) is 50.8 Å². The van der Waals surface area contributed by atoms with E-state index < -0.39 is 0 Å². The van der Waals surface area contributed by atoms with Crippen LogP contribution in [-0.4, -0.2) is 36.7 Å². The van der Waals surface area contributed by atoms with Gasteiger partial charge in [-0.15, -0.1) is 0 Å². The summed E-state index contributed by atoms with van der Waals surface area (Å²) in [5.41, 5.74) is 2.62. The molecular formula is C22H28N4O. The van der Waals surface area contributed by atoms with Crippen molar-refractivity contribution >= 4 is 16.9 Å². The van der Waals surface area contributed by atoms with Gasteiger partial charge in [-0.25, -0.2) is 0 Å². The van der Waals surface area contributed by atoms with Crippen LogP contribution in [0.2, 0.25) is 0 Å². The SMILES string of the molecule is CN=C(NCc1ccnc2ccccc12)NC1C2CCOC2C12CCCC2. The lowest BCUT2D eigenvalue weighted by molar-refractivity contribution is -0.125. The van der Waals surface area contributed by atoms with Crippen LogP contribution in [0.25, 0.3) is 10.9 Å². The van der Waals surface area contributed by atoms with Gasteiger partial charge in [-0.3, -0.25) is 9.98 Å². The third-order valence-electron chi connectivity index (χ3n) is 6.99. The zero-order valence-electron chi connectivity index (χ0n) is 15.9. The molecule has 27 heavy (non-hydrogen) atoms. The Morgan fingerprint density at radius 2 is 2.11 bits per heavy atom. The highest BCUT2D eigenvalue weighted by atomic mass is 16.5. The van der Waals surface area contributed by atoms with Crippen LogP contribution in [0, 0.1) is 11.3 Å². The standard InChI is InChI=1S/C22H28N4O/c1-23-21(25-14-15-8-12-24-18-7-3-2-6-16(15)18)26-19-17-9-13-27-20(17)22(19)10-4-5-11-22/h2-3,6-8,12,17,19-20H,4-5,9-11,13-14H2,1H3,(H2,23,25,26). The van der Waals surface area contributed by atoms with Crippen LogP contribution in [0.1, 0.15) is 37.7 Å². The van der Waals surface area contributed by atoms with Crippen molar-refractivity contribution < 1.29 is 4.74 Å². The molecule has 1 aromatic carbocycles. The number of ether oxygens (including phenoxy) is 1. The van der Waals surface area contributed by atoms with Crippen LogP contribution in [0.3, 0.4) is 0 Å². The highest BCUT2D eigenvalue weighted by Gasteiger charge is 2.65. The van der Waals surface area contributed by atoms with E-state index in [0.29, 0.717) is 23.5 Å². The van der Waals surface area contributed by atoms with Crippen molar-refractivity contribution in [2.24, 2.45) is 16.3 Å². The van der Waals surface area contributed by atoms with Gasteiger partial charge in [0.1, 0.15) is 0 Å². The highest BCUT2D eigenvalue weighted by molar-refractivity contribution is 5.84. The van der Waals surface area contributed by atoms with Gasteiger partial charge in [0.25, 0.3) is 0 Å². The molecule has 5 heteroatoms. The summed E-state index contributed by atoms with van der Waals surface area (Å²) < 4.78 is 6.11. The molecule has 3 aliphatic rings. The van der Waals surface area contributed by atoms with E-state index in [2.05, 4.69) is 44.9 Å². The van der Waals surface area contributed by atoms with Gasteiger partial charge in [0.05, 0.1) is 11.6 Å². The summed E-state index contributed by atoms with van der Waals surface area (Å²) >= 11 is 0. The van der Waals surface area contributed by atoms with Crippen molar-refractivity contribution in [2.75, 3.05) is 13.7 Å². The summed E-state index contributed by atoms with van der Waals surface area (Å²) in [6.45, 7) is 1.66. The molecule has 3 atom stereocenters. The van der Waals surface area contributed by atoms with Crippen LogP contribution in [0.15, 0.2) is 41.5 Å². The van der Waals surface area contributed by atoms with Gasteiger partial charge >= 0.3 is 0 Å². The second-order valence-electron chi connectivity index (χ2n) is 8.22. The number of para-hydroxylation sites is 1. The maximum absolute atomic E-state index is 6.11. The average molecular weight is 364 g/mol. The molecule has 2 aromatic rings. The first-order chi connectivity index (χ1) is 13.3. The third-order valence-corrected chi connectivity index (χ3v) is 6.99. The molecule has 1 aromatic heterocycles. The number of pyridine rings is 1. The molecule has 0 amide bonds. The molecule has 0 radical (unpaired) electrons. The molecular weight excluding hydrogens is 336 g/mol. The second-order valence-corrected chi connectivity index (χ2v) is 8.22. The summed E-state index contributed by atoms with van der Waals surface area (Å²) in [6.07, 6.45) is 8.78. The van der Waals surface area contributed by atoms with Crippen molar-refractivity contribution in [3.63, 3.8) is 0 Å². The van der Waals surface area contributed by atoms with E-state index in [9.17, 15) is 0 Å². The average Bonchev–Trinajstić information content (AvgIpc) is 3.37. The molecule has 3 unspecified atom stereocenters. The maximum atomic E-state index is 6.11. The van der Waals surface area contributed by atoms with Crippen molar-refractivity contribution in [1.29, 1.82) is 0 Å². The van der Waals surface area contributed by atoms with Gasteiger partial charge in [-0.2, -0.15) is 0 Å². The Morgan fingerprint density at radius 3 is 2.96 bits per heavy atom. The Bertz CT molecular complexity index is 853. The fourth-order valence-electron chi connectivity index (χ4n) is 5.73. The zero-order valence-corrected chi connectivity index (χ0v) is 15.9. The lowest BCUT2D eigenvalue weighted by atomic mass is 9.54. The first-order valence-corrected chi connectivity index (χ1v) is 10.2. The number of nitrogens with zero attached hydrogens (tertiary/aromatic N) is 2. The molecule has 1 aliphatic heterocycles. The van der Waals surface area contributed by atoms with Crippen molar-refractivity contribution in [3.05, 3.63) is 42.1 Å². The number of rotatable bonds is 3. The smallest absolute Gasteiger partial charge is 0.191 e. The molecule has 2 N–H and O–H groups in total. The lowest BCUT2D eigenvalue weighted by Gasteiger charge is -2.57. The molecule has 3 fully saturated rings. The van der Waals surface area contributed by atoms with Gasteiger partial charge < -0.3 is 15.4 Å². The van der Waals surface area contributed by atoms with Crippen LogP contribution in [0.5, 0.6) is 0 Å². The number of hydrogen-bond donors (Lipinski definition) is 2. The normalized spacial score (nSPS) is 28.9. The topological polar surface area (TPSA) is 58.5 Å². The number of aromatic nitrogens is 1. The molecule has 1 saturated heterocycles. The number of aliphatic imine (C=N–C) groups is 1. The van der Waals surface area contributed by atoms with E-state index in [1.54, 1.807) is 0 Å². The minimum Gasteiger partial charge on any atom is -0.377 e. The van der Waals surface area contributed by atoms with Gasteiger partial charge in [0, 0.05) is 49.2 Å². The molecule has 1 spiro atoms. The number of hydrogen-bond acceptors (Lipinski definition) is 3. The molecule has 2 aliphatic carbocycles. The van der Waals surface area contributed by atoms with Crippen LogP contribution in [0.4, 0.5) is 0 Å². The monoisotopic (exact) mass is 364 g/mol. The number of benzene rings is 1. The van der Waals surface area contributed by atoms with E-state index >= 15 is 0 Å². The first kappa shape index (κ1) is 17.0. The summed E-state index contributed by atoms with van der Waals surface area (Å²) in [5.74, 6) is 1.54. The molecule has 5 nitrogen and oxygen atoms in total. The summed E-state index contributed by atoms with van der Waals surface area (Å²) in [7, 11) is 1.86. The van der Waals surface area contributed by atoms with E-state index in [1.807, 2.05) is 19.3 Å². The fourth-order valence-corrected chi connectivity index (χ4v) is 5.73. The van der Waals surface area contributed by atoms with E-state index in [4.69, 9.17) is 4.74 Å². The second kappa shape index (κ2) is 6.79. The largest absolute Gasteiger partial charge is 0.377 e. The van der Waals surface area contributed by atoms with Crippen LogP contribution >= 0.6 is 0 Å². The van der Waals surface area contributed by atoms with Crippen molar-refractivity contribution in [1.82, 2.24) is 15.6 Å². The Hall–Kier alpha value is -2.14. The number of nitrogens with one attached hydrogen (secondary N) is 2. The molecule has 142 valence electrons. The zero-order chi connectivity index (χ0) is 18.3. The molecule has 0 bridgehead atoms. The summed E-state index contributed by atoms with van der Waals surface area (Å²) in [6, 6.07) is 10.9. The van der Waals surface area contributed by atoms with E-state index in [-0.39, 0.29) is 0 Å². The summed E-state index contributed by atoms with van der Waals surface area (Å²) in [4.78, 5) is 8.97. The third kappa shape index (κ3) is 2.71. The van der Waals surface area contributed by atoms with Gasteiger partial charge in [0.2, 0.25) is 0 Å². The van der Waals surface area contributed by atoms with Crippen LogP contribution in [-0.2, 0) is 11.3 Å². The predicted molar refractivity (Wildman–Crippen MR) is 108 cm³/mol. The molecule has 2 heterocycles. The van der Waals surface area contributed by atoms with Crippen molar-refractivity contribution in [3.8, 4) is 0 Å². The molecule has 5 rings (SSSR count). The number of guanidine groups is 1. The lowest BCUT2D eigenvalue weighted by Crippen LogP contribution is -2.69. The summed E-state index contributed by atoms with van der Waals surface area (Å²) in [5, 5.41) is 8.50. The Kier molecular flexibility index (Phi) is 4.27. The van der Waals surface area contributed by atoms with Gasteiger partial charge in [-0.05, 0) is 37.0 Å². The number of fused-ring (bicyclic) bond motifs is 3. The predicted octanol–water partition coefficient (Wildman–Crippen LogP) is 3.25. The maximum Gasteiger partial charge on any atom is 0.191 e. The minimum absolute atomic E-state index is 0.335. The Balaban J connectivity index is 1.30. The van der Waals surface area contributed by atoms with Crippen LogP contribution < -0.4 is 10.6 Å². The van der Waals surface area contributed by atoms with E-state index in [0.717, 1.165) is 24.6 Å². The van der Waals surface area contributed by atoms with E-state index in [1.165, 1.54) is 43.1 Å². The quantitative estimate of drug-likeness (QED) is 0.648. The fraction of sp³-hybridized carbons (Fsp3) is 0.545. The molecule has 2 saturated carbocycles.